The van der Waals surface area contributed by atoms with Gasteiger partial charge in [-0.2, -0.15) is 0 Å². The zero-order valence-corrected chi connectivity index (χ0v) is 12.3. The second-order valence-electron chi connectivity index (χ2n) is 5.32. The average molecular weight is 299 g/mol. The van der Waals surface area contributed by atoms with Gasteiger partial charge in [-0.25, -0.2) is 18.7 Å². The van der Waals surface area contributed by atoms with Crippen LogP contribution in [0.3, 0.4) is 0 Å². The lowest BCUT2D eigenvalue weighted by Gasteiger charge is -2.13. The van der Waals surface area contributed by atoms with Crippen molar-refractivity contribution in [3.8, 4) is 0 Å². The molecule has 1 N–H and O–H groups in total. The number of nitrogens with zero attached hydrogens (tertiary/aromatic N) is 2. The molecule has 2 aromatic carbocycles. The smallest absolute Gasteiger partial charge is 0.149 e. The van der Waals surface area contributed by atoms with Gasteiger partial charge in [0, 0.05) is 11.3 Å². The Hall–Kier alpha value is -2.56. The fourth-order valence-electron chi connectivity index (χ4n) is 2.18. The number of benzene rings is 2. The van der Waals surface area contributed by atoms with Crippen LogP contribution in [-0.2, 0) is 0 Å². The van der Waals surface area contributed by atoms with Crippen molar-refractivity contribution in [2.24, 2.45) is 0 Å². The number of anilines is 2. The van der Waals surface area contributed by atoms with Gasteiger partial charge < -0.3 is 5.32 Å². The van der Waals surface area contributed by atoms with Crippen molar-refractivity contribution in [3.05, 3.63) is 59.9 Å². The largest absolute Gasteiger partial charge is 0.335 e. The Balaban J connectivity index is 2.17. The molecule has 22 heavy (non-hydrogen) atoms. The number of fused-ring (bicyclic) bond motifs is 1. The van der Waals surface area contributed by atoms with Crippen molar-refractivity contribution in [2.45, 2.75) is 19.8 Å². The van der Waals surface area contributed by atoms with Crippen molar-refractivity contribution < 1.29 is 8.78 Å². The van der Waals surface area contributed by atoms with Gasteiger partial charge in [-0.05, 0) is 24.3 Å². The first-order valence-corrected chi connectivity index (χ1v) is 7.04. The molecule has 0 fully saturated rings. The molecule has 0 bridgehead atoms. The van der Waals surface area contributed by atoms with Crippen molar-refractivity contribution in [1.82, 2.24) is 9.97 Å². The number of hydrogen-bond acceptors (Lipinski definition) is 3. The number of nitrogens with one attached hydrogen (secondary N) is 1. The standard InChI is InChI=1S/C17H15F2N3/c1-10(2)16-20-14-9-4-3-6-11(14)17(22-16)21-15-12(18)7-5-8-13(15)19/h3-10H,1-2H3,(H,20,21,22). The van der Waals surface area contributed by atoms with E-state index in [2.05, 4.69) is 15.3 Å². The van der Waals surface area contributed by atoms with E-state index in [0.717, 1.165) is 10.9 Å². The van der Waals surface area contributed by atoms with Gasteiger partial charge >= 0.3 is 0 Å². The first kappa shape index (κ1) is 14.4. The molecular weight excluding hydrogens is 284 g/mol. The molecule has 0 aliphatic rings. The van der Waals surface area contributed by atoms with Crippen LogP contribution in [0.25, 0.3) is 10.9 Å². The van der Waals surface area contributed by atoms with Gasteiger partial charge in [0.1, 0.15) is 29.0 Å². The molecule has 3 aromatic rings. The van der Waals surface area contributed by atoms with E-state index < -0.39 is 11.6 Å². The van der Waals surface area contributed by atoms with Crippen LogP contribution >= 0.6 is 0 Å². The highest BCUT2D eigenvalue weighted by Gasteiger charge is 2.14. The summed E-state index contributed by atoms with van der Waals surface area (Å²) in [6, 6.07) is 11.1. The summed E-state index contributed by atoms with van der Waals surface area (Å²) in [6.07, 6.45) is 0. The third-order valence-corrected chi connectivity index (χ3v) is 3.34. The molecule has 0 radical (unpaired) electrons. The van der Waals surface area contributed by atoms with Gasteiger partial charge in [-0.3, -0.25) is 0 Å². The second-order valence-corrected chi connectivity index (χ2v) is 5.32. The summed E-state index contributed by atoms with van der Waals surface area (Å²) < 4.78 is 27.7. The van der Waals surface area contributed by atoms with Crippen molar-refractivity contribution in [2.75, 3.05) is 5.32 Å². The molecule has 3 nitrogen and oxygen atoms in total. The van der Waals surface area contributed by atoms with Crippen LogP contribution in [0, 0.1) is 11.6 Å². The lowest BCUT2D eigenvalue weighted by atomic mass is 10.1. The Bertz CT molecular complexity index is 811. The van der Waals surface area contributed by atoms with Crippen LogP contribution in [0.4, 0.5) is 20.3 Å². The lowest BCUT2D eigenvalue weighted by molar-refractivity contribution is 0.590. The summed E-state index contributed by atoms with van der Waals surface area (Å²) >= 11 is 0. The Morgan fingerprint density at radius 3 is 2.27 bits per heavy atom. The molecule has 0 saturated carbocycles. The zero-order valence-electron chi connectivity index (χ0n) is 12.3. The molecule has 0 atom stereocenters. The second kappa shape index (κ2) is 5.67. The van der Waals surface area contributed by atoms with E-state index in [9.17, 15) is 8.78 Å². The minimum atomic E-state index is -0.659. The predicted molar refractivity (Wildman–Crippen MR) is 83.3 cm³/mol. The fourth-order valence-corrected chi connectivity index (χ4v) is 2.18. The number of aromatic nitrogens is 2. The van der Waals surface area contributed by atoms with E-state index in [1.807, 2.05) is 38.1 Å². The molecule has 0 aliphatic carbocycles. The molecular formula is C17H15F2N3. The molecule has 5 heteroatoms. The monoisotopic (exact) mass is 299 g/mol. The first-order valence-electron chi connectivity index (χ1n) is 7.04. The summed E-state index contributed by atoms with van der Waals surface area (Å²) in [5, 5.41) is 3.49. The molecule has 0 saturated heterocycles. The van der Waals surface area contributed by atoms with Gasteiger partial charge in [0.25, 0.3) is 0 Å². The molecule has 112 valence electrons. The predicted octanol–water partition coefficient (Wildman–Crippen LogP) is 4.78. The summed E-state index contributed by atoms with van der Waals surface area (Å²) in [6.45, 7) is 3.94. The third-order valence-electron chi connectivity index (χ3n) is 3.34. The van der Waals surface area contributed by atoms with Crippen LogP contribution < -0.4 is 5.32 Å². The Morgan fingerprint density at radius 1 is 0.909 bits per heavy atom. The zero-order chi connectivity index (χ0) is 15.7. The minimum absolute atomic E-state index is 0.107. The van der Waals surface area contributed by atoms with Crippen molar-refractivity contribution in [3.63, 3.8) is 0 Å². The molecule has 1 heterocycles. The van der Waals surface area contributed by atoms with E-state index in [1.165, 1.54) is 18.2 Å². The molecule has 0 unspecified atom stereocenters. The number of hydrogen-bond donors (Lipinski definition) is 1. The van der Waals surface area contributed by atoms with Crippen LogP contribution in [0.15, 0.2) is 42.5 Å². The van der Waals surface area contributed by atoms with Crippen LogP contribution in [-0.4, -0.2) is 9.97 Å². The Morgan fingerprint density at radius 2 is 1.59 bits per heavy atom. The van der Waals surface area contributed by atoms with E-state index in [4.69, 9.17) is 0 Å². The molecule has 0 spiro atoms. The van der Waals surface area contributed by atoms with Crippen LogP contribution in [0.2, 0.25) is 0 Å². The highest BCUT2D eigenvalue weighted by Crippen LogP contribution is 2.28. The minimum Gasteiger partial charge on any atom is -0.335 e. The van der Waals surface area contributed by atoms with Crippen molar-refractivity contribution >= 4 is 22.4 Å². The maximum atomic E-state index is 13.8. The fraction of sp³-hybridized carbons (Fsp3) is 0.176. The SMILES string of the molecule is CC(C)c1nc(Nc2c(F)cccc2F)c2ccccc2n1. The maximum Gasteiger partial charge on any atom is 0.149 e. The van der Waals surface area contributed by atoms with E-state index in [0.29, 0.717) is 11.6 Å². The van der Waals surface area contributed by atoms with E-state index in [-0.39, 0.29) is 11.6 Å². The van der Waals surface area contributed by atoms with Gasteiger partial charge in [0.2, 0.25) is 0 Å². The molecule has 0 amide bonds. The quantitative estimate of drug-likeness (QED) is 0.756. The Kier molecular flexibility index (Phi) is 3.71. The van der Waals surface area contributed by atoms with Gasteiger partial charge in [-0.15, -0.1) is 0 Å². The summed E-state index contributed by atoms with van der Waals surface area (Å²) in [5.74, 6) is -0.186. The molecule has 3 rings (SSSR count). The van der Waals surface area contributed by atoms with E-state index >= 15 is 0 Å². The number of halogens is 2. The van der Waals surface area contributed by atoms with Gasteiger partial charge in [0.15, 0.2) is 0 Å². The van der Waals surface area contributed by atoms with E-state index in [1.54, 1.807) is 0 Å². The topological polar surface area (TPSA) is 37.8 Å². The summed E-state index contributed by atoms with van der Waals surface area (Å²) in [5.41, 5.74) is 0.529. The van der Waals surface area contributed by atoms with Crippen LogP contribution in [0.1, 0.15) is 25.6 Å². The number of rotatable bonds is 3. The maximum absolute atomic E-state index is 13.8. The lowest BCUT2D eigenvalue weighted by Crippen LogP contribution is -2.05. The highest BCUT2D eigenvalue weighted by atomic mass is 19.1. The molecule has 0 aliphatic heterocycles. The third kappa shape index (κ3) is 2.62. The highest BCUT2D eigenvalue weighted by molar-refractivity contribution is 5.90. The summed E-state index contributed by atoms with van der Waals surface area (Å²) in [4.78, 5) is 8.91. The van der Waals surface area contributed by atoms with Gasteiger partial charge in [0.05, 0.1) is 5.52 Å². The van der Waals surface area contributed by atoms with Crippen molar-refractivity contribution in [1.29, 1.82) is 0 Å². The normalized spacial score (nSPS) is 11.1. The number of para-hydroxylation sites is 2. The summed E-state index contributed by atoms with van der Waals surface area (Å²) in [7, 11) is 0. The van der Waals surface area contributed by atoms with Crippen LogP contribution in [0.5, 0.6) is 0 Å². The Labute approximate surface area is 127 Å². The first-order chi connectivity index (χ1) is 10.6. The molecule has 1 aromatic heterocycles. The average Bonchev–Trinajstić information content (AvgIpc) is 2.50. The van der Waals surface area contributed by atoms with Gasteiger partial charge in [-0.1, -0.05) is 32.0 Å².